The monoisotopic (exact) mass is 412 g/mol. The molecule has 1 aliphatic heterocycles. The SMILES string of the molecule is CCCCCCCCCCCCCCCCCCP1(=O)O[Se]O1. The Morgan fingerprint density at radius 2 is 0.957 bits per heavy atom. The van der Waals surface area contributed by atoms with E-state index in [1.54, 1.807) is 0 Å². The molecule has 23 heavy (non-hydrogen) atoms. The normalized spacial score (nSPS) is 16.4. The summed E-state index contributed by atoms with van der Waals surface area (Å²) < 4.78 is 21.7. The molecule has 1 heterocycles. The Balaban J connectivity index is 1.66. The van der Waals surface area contributed by atoms with Crippen molar-refractivity contribution in [1.29, 1.82) is 0 Å². The van der Waals surface area contributed by atoms with Crippen LogP contribution in [0.15, 0.2) is 0 Å². The summed E-state index contributed by atoms with van der Waals surface area (Å²) in [7, 11) is -2.55. The molecule has 0 N–H and O–H groups in total. The van der Waals surface area contributed by atoms with Crippen LogP contribution in [0.25, 0.3) is 0 Å². The van der Waals surface area contributed by atoms with Gasteiger partial charge in [0, 0.05) is 0 Å². The standard InChI is InChI=1S/C18H37O3PSe/c1-2-3-4-5-6-7-8-9-10-11-12-13-14-15-16-17-18-22(19)20-23-21-22/h2-18H2,1H3. The van der Waals surface area contributed by atoms with Crippen LogP contribution >= 0.6 is 7.60 Å². The molecule has 0 aromatic rings. The van der Waals surface area contributed by atoms with Gasteiger partial charge < -0.3 is 0 Å². The summed E-state index contributed by atoms with van der Waals surface area (Å²) in [4.78, 5) is 0. The van der Waals surface area contributed by atoms with Crippen molar-refractivity contribution < 1.29 is 11.8 Å². The fourth-order valence-electron chi connectivity index (χ4n) is 3.03. The topological polar surface area (TPSA) is 35.5 Å². The van der Waals surface area contributed by atoms with E-state index in [4.69, 9.17) is 7.21 Å². The predicted octanol–water partition coefficient (Wildman–Crippen LogP) is 7.02. The minimum absolute atomic E-state index is 0.245. The average Bonchev–Trinajstić information content (AvgIpc) is 2.53. The van der Waals surface area contributed by atoms with Gasteiger partial charge >= 0.3 is 98.9 Å². The zero-order valence-corrected chi connectivity index (χ0v) is 17.7. The fraction of sp³-hybridized carbons (Fsp3) is 1.00. The van der Waals surface area contributed by atoms with Crippen LogP contribution < -0.4 is 0 Å². The molecule has 0 amide bonds. The van der Waals surface area contributed by atoms with Gasteiger partial charge in [-0.1, -0.05) is 51.9 Å². The number of rotatable bonds is 17. The van der Waals surface area contributed by atoms with Gasteiger partial charge in [0.1, 0.15) is 0 Å². The molecule has 0 aliphatic carbocycles. The molecule has 1 fully saturated rings. The third-order valence-electron chi connectivity index (χ3n) is 4.57. The minimum atomic E-state index is -2.55. The van der Waals surface area contributed by atoms with Gasteiger partial charge in [-0.05, 0) is 0 Å². The second kappa shape index (κ2) is 15.0. The molecule has 0 radical (unpaired) electrons. The third-order valence-corrected chi connectivity index (χ3v) is 9.64. The predicted molar refractivity (Wildman–Crippen MR) is 99.9 cm³/mol. The van der Waals surface area contributed by atoms with Gasteiger partial charge in [0.15, 0.2) is 0 Å². The van der Waals surface area contributed by atoms with Crippen LogP contribution in [0, 0.1) is 0 Å². The summed E-state index contributed by atoms with van der Waals surface area (Å²) in [5, 5.41) is 0. The molecule has 0 bridgehead atoms. The van der Waals surface area contributed by atoms with Crippen molar-refractivity contribution in [3.63, 3.8) is 0 Å². The van der Waals surface area contributed by atoms with Gasteiger partial charge in [-0.15, -0.1) is 0 Å². The van der Waals surface area contributed by atoms with Crippen LogP contribution in [0.3, 0.4) is 0 Å². The van der Waals surface area contributed by atoms with E-state index in [9.17, 15) is 4.57 Å². The van der Waals surface area contributed by atoms with Gasteiger partial charge in [0.2, 0.25) is 0 Å². The molecule has 1 rings (SSSR count). The summed E-state index contributed by atoms with van der Waals surface area (Å²) >= 11 is -0.245. The Labute approximate surface area is 151 Å². The van der Waals surface area contributed by atoms with Crippen molar-refractivity contribution in [3.8, 4) is 0 Å². The van der Waals surface area contributed by atoms with Crippen LogP contribution in [-0.4, -0.2) is 21.8 Å². The Kier molecular flexibility index (Phi) is 14.1. The average molecular weight is 411 g/mol. The third kappa shape index (κ3) is 12.7. The van der Waals surface area contributed by atoms with Crippen molar-refractivity contribution in [1.82, 2.24) is 0 Å². The molecule has 0 aromatic carbocycles. The molecular formula is C18H37O3PSe. The Morgan fingerprint density at radius 3 is 1.26 bits per heavy atom. The summed E-state index contributed by atoms with van der Waals surface area (Å²) in [6.07, 6.45) is 22.4. The van der Waals surface area contributed by atoms with Crippen LogP contribution in [0.5, 0.6) is 0 Å². The maximum atomic E-state index is 11.6. The van der Waals surface area contributed by atoms with Crippen LogP contribution in [0.4, 0.5) is 0 Å². The maximum absolute atomic E-state index is 11.6. The van der Waals surface area contributed by atoms with E-state index in [2.05, 4.69) is 6.92 Å². The molecule has 0 aromatic heterocycles. The molecular weight excluding hydrogens is 374 g/mol. The first kappa shape index (κ1) is 21.7. The second-order valence-electron chi connectivity index (χ2n) is 6.85. The molecule has 0 spiro atoms. The van der Waals surface area contributed by atoms with Crippen molar-refractivity contribution in [3.05, 3.63) is 0 Å². The van der Waals surface area contributed by atoms with Gasteiger partial charge in [0.05, 0.1) is 0 Å². The summed E-state index contributed by atoms with van der Waals surface area (Å²) in [6.45, 7) is 2.28. The first-order valence-corrected chi connectivity index (χ1v) is 13.0. The van der Waals surface area contributed by atoms with E-state index in [-0.39, 0.29) is 15.6 Å². The summed E-state index contributed by atoms with van der Waals surface area (Å²) in [6, 6.07) is 0. The Bertz CT molecular complexity index is 305. The molecule has 5 heteroatoms. The van der Waals surface area contributed by atoms with Crippen LogP contribution in [-0.2, 0) is 11.8 Å². The molecule has 0 atom stereocenters. The molecule has 3 nitrogen and oxygen atoms in total. The van der Waals surface area contributed by atoms with E-state index in [1.807, 2.05) is 0 Å². The van der Waals surface area contributed by atoms with E-state index >= 15 is 0 Å². The number of unbranched alkanes of at least 4 members (excludes halogenated alkanes) is 15. The van der Waals surface area contributed by atoms with Crippen molar-refractivity contribution >= 4 is 23.2 Å². The van der Waals surface area contributed by atoms with Crippen molar-refractivity contribution in [2.45, 2.75) is 110 Å². The van der Waals surface area contributed by atoms with E-state index < -0.39 is 7.60 Å². The molecule has 0 unspecified atom stereocenters. The van der Waals surface area contributed by atoms with E-state index in [1.165, 1.54) is 96.3 Å². The first-order chi connectivity index (χ1) is 11.3. The van der Waals surface area contributed by atoms with Crippen molar-refractivity contribution in [2.24, 2.45) is 0 Å². The molecule has 138 valence electrons. The number of hydrogen-bond acceptors (Lipinski definition) is 3. The van der Waals surface area contributed by atoms with Crippen LogP contribution in [0.2, 0.25) is 0 Å². The van der Waals surface area contributed by atoms with E-state index in [0.29, 0.717) is 6.16 Å². The van der Waals surface area contributed by atoms with Crippen LogP contribution in [0.1, 0.15) is 110 Å². The molecule has 0 saturated carbocycles. The second-order valence-corrected chi connectivity index (χ2v) is 11.0. The van der Waals surface area contributed by atoms with Gasteiger partial charge in [-0.25, -0.2) is 0 Å². The van der Waals surface area contributed by atoms with Gasteiger partial charge in [0.25, 0.3) is 0 Å². The van der Waals surface area contributed by atoms with E-state index in [0.717, 1.165) is 6.42 Å². The van der Waals surface area contributed by atoms with Gasteiger partial charge in [-0.2, -0.15) is 0 Å². The quantitative estimate of drug-likeness (QED) is 0.147. The fourth-order valence-corrected chi connectivity index (χ4v) is 6.16. The van der Waals surface area contributed by atoms with Gasteiger partial charge in [-0.3, -0.25) is 0 Å². The summed E-state index contributed by atoms with van der Waals surface area (Å²) in [5.41, 5.74) is 0. The van der Waals surface area contributed by atoms with Crippen molar-refractivity contribution in [2.75, 3.05) is 6.16 Å². The zero-order valence-electron chi connectivity index (χ0n) is 15.1. The zero-order chi connectivity index (χ0) is 16.6. The number of hydrogen-bond donors (Lipinski definition) is 0. The molecule has 1 saturated heterocycles. The Hall–Kier alpha value is 0.669. The molecule has 1 aliphatic rings. The first-order valence-electron chi connectivity index (χ1n) is 9.90. The summed E-state index contributed by atoms with van der Waals surface area (Å²) in [5.74, 6) is 0. The Morgan fingerprint density at radius 1 is 0.609 bits per heavy atom.